The van der Waals surface area contributed by atoms with Crippen LogP contribution in [-0.4, -0.2) is 16.8 Å². The van der Waals surface area contributed by atoms with Crippen LogP contribution in [0.2, 0.25) is 5.02 Å². The van der Waals surface area contributed by atoms with Crippen LogP contribution in [0.15, 0.2) is 73.1 Å². The van der Waals surface area contributed by atoms with Gasteiger partial charge in [0.05, 0.1) is 0 Å². The van der Waals surface area contributed by atoms with Crippen molar-refractivity contribution in [3.8, 4) is 0 Å². The van der Waals surface area contributed by atoms with Crippen LogP contribution in [0.4, 0.5) is 0 Å². The Morgan fingerprint density at radius 3 is 1.85 bits per heavy atom. The van der Waals surface area contributed by atoms with Gasteiger partial charge in [-0.15, -0.1) is 0 Å². The van der Waals surface area contributed by atoms with Crippen LogP contribution in [0.25, 0.3) is 0 Å². The molecular weight excluding hydrogens is 362 g/mol. The van der Waals surface area contributed by atoms with Crippen LogP contribution in [0.5, 0.6) is 0 Å². The summed E-state index contributed by atoms with van der Waals surface area (Å²) in [5.74, 6) is -0.479. The van der Waals surface area contributed by atoms with Gasteiger partial charge in [-0.05, 0) is 53.6 Å². The highest BCUT2D eigenvalue weighted by Gasteiger charge is 2.10. The molecule has 0 saturated carbocycles. The molecule has 2 amide bonds. The van der Waals surface area contributed by atoms with Crippen LogP contribution < -0.4 is 10.6 Å². The van der Waals surface area contributed by atoms with Gasteiger partial charge in [0.2, 0.25) is 0 Å². The van der Waals surface area contributed by atoms with Crippen molar-refractivity contribution in [3.05, 3.63) is 100 Å². The van der Waals surface area contributed by atoms with E-state index in [1.54, 1.807) is 48.8 Å². The highest BCUT2D eigenvalue weighted by Crippen LogP contribution is 2.10. The standard InChI is InChI=1S/C21H18ClN3O2/c22-19-6-4-15(5-7-19)13-24-20(26)17-2-1-3-18(12-17)21(27)25-14-16-8-10-23-11-9-16/h1-12H,13-14H2,(H,24,26)(H,25,27). The Hall–Kier alpha value is -3.18. The molecule has 3 rings (SSSR count). The Morgan fingerprint density at radius 2 is 1.30 bits per heavy atom. The van der Waals surface area contributed by atoms with Crippen LogP contribution in [-0.2, 0) is 13.1 Å². The smallest absolute Gasteiger partial charge is 0.251 e. The van der Waals surface area contributed by atoms with Crippen molar-refractivity contribution in [3.63, 3.8) is 0 Å². The molecule has 27 heavy (non-hydrogen) atoms. The molecule has 2 N–H and O–H groups in total. The normalized spacial score (nSPS) is 10.3. The topological polar surface area (TPSA) is 71.1 Å². The molecule has 0 saturated heterocycles. The molecule has 5 nitrogen and oxygen atoms in total. The van der Waals surface area contributed by atoms with Crippen molar-refractivity contribution in [1.29, 1.82) is 0 Å². The summed E-state index contributed by atoms with van der Waals surface area (Å²) in [4.78, 5) is 28.6. The largest absolute Gasteiger partial charge is 0.348 e. The van der Waals surface area contributed by atoms with Gasteiger partial charge in [0, 0.05) is 41.6 Å². The van der Waals surface area contributed by atoms with Crippen LogP contribution >= 0.6 is 11.6 Å². The van der Waals surface area contributed by atoms with E-state index in [4.69, 9.17) is 11.6 Å². The van der Waals surface area contributed by atoms with Crippen molar-refractivity contribution < 1.29 is 9.59 Å². The average molecular weight is 380 g/mol. The van der Waals surface area contributed by atoms with E-state index in [-0.39, 0.29) is 11.8 Å². The number of amides is 2. The number of nitrogens with one attached hydrogen (secondary N) is 2. The van der Waals surface area contributed by atoms with Gasteiger partial charge in [0.1, 0.15) is 0 Å². The Bertz CT molecular complexity index is 928. The molecule has 2 aromatic carbocycles. The predicted molar refractivity (Wildman–Crippen MR) is 104 cm³/mol. The quantitative estimate of drug-likeness (QED) is 0.687. The van der Waals surface area contributed by atoms with Crippen LogP contribution in [0.1, 0.15) is 31.8 Å². The van der Waals surface area contributed by atoms with E-state index in [1.807, 2.05) is 24.3 Å². The first-order valence-electron chi connectivity index (χ1n) is 8.41. The lowest BCUT2D eigenvalue weighted by Crippen LogP contribution is -2.25. The molecule has 0 unspecified atom stereocenters. The minimum Gasteiger partial charge on any atom is -0.348 e. The molecule has 0 radical (unpaired) electrons. The zero-order chi connectivity index (χ0) is 19.1. The van der Waals surface area contributed by atoms with Gasteiger partial charge in [-0.3, -0.25) is 14.6 Å². The Labute approximate surface area is 162 Å². The Kier molecular flexibility index (Phi) is 6.18. The second-order valence-corrected chi connectivity index (χ2v) is 6.36. The monoisotopic (exact) mass is 379 g/mol. The molecule has 0 bridgehead atoms. The maximum atomic E-state index is 12.4. The van der Waals surface area contributed by atoms with Crippen molar-refractivity contribution in [2.75, 3.05) is 0 Å². The number of carbonyl (C=O) groups excluding carboxylic acids is 2. The van der Waals surface area contributed by atoms with Crippen molar-refractivity contribution in [1.82, 2.24) is 15.6 Å². The molecule has 0 fully saturated rings. The zero-order valence-electron chi connectivity index (χ0n) is 14.5. The third kappa shape index (κ3) is 5.39. The summed E-state index contributed by atoms with van der Waals surface area (Å²) in [5.41, 5.74) is 2.76. The third-order valence-corrected chi connectivity index (χ3v) is 4.21. The first kappa shape index (κ1) is 18.6. The molecule has 1 aromatic heterocycles. The molecule has 0 atom stereocenters. The molecular formula is C21H18ClN3O2. The van der Waals surface area contributed by atoms with Gasteiger partial charge in [0.15, 0.2) is 0 Å². The van der Waals surface area contributed by atoms with E-state index in [0.29, 0.717) is 29.2 Å². The molecule has 0 spiro atoms. The summed E-state index contributed by atoms with van der Waals surface area (Å²) in [6, 6.07) is 17.6. The zero-order valence-corrected chi connectivity index (χ0v) is 15.2. The summed E-state index contributed by atoms with van der Waals surface area (Å²) >= 11 is 5.85. The van der Waals surface area contributed by atoms with Crippen molar-refractivity contribution in [2.24, 2.45) is 0 Å². The second kappa shape index (κ2) is 8.96. The predicted octanol–water partition coefficient (Wildman–Crippen LogP) is 3.60. The summed E-state index contributed by atoms with van der Waals surface area (Å²) in [6.07, 6.45) is 3.35. The second-order valence-electron chi connectivity index (χ2n) is 5.93. The van der Waals surface area contributed by atoms with Gasteiger partial charge in [-0.1, -0.05) is 29.8 Å². The van der Waals surface area contributed by atoms with Gasteiger partial charge in [-0.25, -0.2) is 0 Å². The number of rotatable bonds is 6. The van der Waals surface area contributed by atoms with Gasteiger partial charge >= 0.3 is 0 Å². The third-order valence-electron chi connectivity index (χ3n) is 3.96. The number of benzene rings is 2. The molecule has 3 aromatic rings. The van der Waals surface area contributed by atoms with E-state index >= 15 is 0 Å². The maximum Gasteiger partial charge on any atom is 0.251 e. The molecule has 0 aliphatic heterocycles. The van der Waals surface area contributed by atoms with E-state index in [0.717, 1.165) is 11.1 Å². The first-order chi connectivity index (χ1) is 13.1. The van der Waals surface area contributed by atoms with Gasteiger partial charge in [-0.2, -0.15) is 0 Å². The summed E-state index contributed by atoms with van der Waals surface area (Å²) < 4.78 is 0. The lowest BCUT2D eigenvalue weighted by Gasteiger charge is -2.08. The molecule has 136 valence electrons. The minimum absolute atomic E-state index is 0.237. The van der Waals surface area contributed by atoms with Crippen molar-refractivity contribution >= 4 is 23.4 Å². The van der Waals surface area contributed by atoms with E-state index < -0.39 is 0 Å². The maximum absolute atomic E-state index is 12.4. The number of halogens is 1. The highest BCUT2D eigenvalue weighted by atomic mass is 35.5. The first-order valence-corrected chi connectivity index (χ1v) is 8.79. The number of hydrogen-bond donors (Lipinski definition) is 2. The lowest BCUT2D eigenvalue weighted by molar-refractivity contribution is 0.0950. The fraction of sp³-hybridized carbons (Fsp3) is 0.0952. The Morgan fingerprint density at radius 1 is 0.778 bits per heavy atom. The van der Waals surface area contributed by atoms with Crippen LogP contribution in [0, 0.1) is 0 Å². The molecule has 0 aliphatic carbocycles. The summed E-state index contributed by atoms with van der Waals surface area (Å²) in [7, 11) is 0. The van der Waals surface area contributed by atoms with Gasteiger partial charge < -0.3 is 10.6 Å². The summed E-state index contributed by atoms with van der Waals surface area (Å²) in [6.45, 7) is 0.781. The Balaban J connectivity index is 1.59. The average Bonchev–Trinajstić information content (AvgIpc) is 2.72. The SMILES string of the molecule is O=C(NCc1ccncc1)c1cccc(C(=O)NCc2ccc(Cl)cc2)c1. The van der Waals surface area contributed by atoms with E-state index in [9.17, 15) is 9.59 Å². The molecule has 6 heteroatoms. The highest BCUT2D eigenvalue weighted by molar-refractivity contribution is 6.30. The van der Waals surface area contributed by atoms with Crippen LogP contribution in [0.3, 0.4) is 0 Å². The minimum atomic E-state index is -0.242. The molecule has 1 heterocycles. The number of aromatic nitrogens is 1. The van der Waals surface area contributed by atoms with Crippen molar-refractivity contribution in [2.45, 2.75) is 13.1 Å². The fourth-order valence-electron chi connectivity index (χ4n) is 2.47. The fourth-order valence-corrected chi connectivity index (χ4v) is 2.60. The number of hydrogen-bond acceptors (Lipinski definition) is 3. The number of carbonyl (C=O) groups is 2. The van der Waals surface area contributed by atoms with E-state index in [2.05, 4.69) is 15.6 Å². The number of pyridine rings is 1. The molecule has 0 aliphatic rings. The van der Waals surface area contributed by atoms with Gasteiger partial charge in [0.25, 0.3) is 11.8 Å². The summed E-state index contributed by atoms with van der Waals surface area (Å²) in [5, 5.41) is 6.32. The number of nitrogens with zero attached hydrogens (tertiary/aromatic N) is 1. The van der Waals surface area contributed by atoms with E-state index in [1.165, 1.54) is 0 Å². The lowest BCUT2D eigenvalue weighted by atomic mass is 10.1.